The summed E-state index contributed by atoms with van der Waals surface area (Å²) in [6.45, 7) is 3.00. The van der Waals surface area contributed by atoms with Crippen molar-refractivity contribution in [2.24, 2.45) is 0 Å². The minimum absolute atomic E-state index is 0.286. The van der Waals surface area contributed by atoms with Gasteiger partial charge in [-0.3, -0.25) is 4.90 Å². The predicted octanol–water partition coefficient (Wildman–Crippen LogP) is 6.42. The average molecular weight is 502 g/mol. The lowest BCUT2D eigenvalue weighted by Crippen LogP contribution is -2.35. The first-order chi connectivity index (χ1) is 17.6. The molecule has 2 aliphatic rings. The Morgan fingerprint density at radius 2 is 2.00 bits per heavy atom. The molecule has 1 N–H and O–H groups in total. The van der Waals surface area contributed by atoms with Crippen LogP contribution in [0.2, 0.25) is 0 Å². The van der Waals surface area contributed by atoms with Crippen molar-refractivity contribution >= 4 is 50.6 Å². The number of carbonyl (C=O) groups excluding carboxylic acids is 2. The van der Waals surface area contributed by atoms with Crippen LogP contribution in [0.25, 0.3) is 10.2 Å². The number of nitrogens with one attached hydrogen (secondary N) is 1. The third kappa shape index (κ3) is 4.06. The second-order valence-electron chi connectivity index (χ2n) is 8.69. The van der Waals surface area contributed by atoms with Crippen LogP contribution in [0.3, 0.4) is 0 Å². The number of nitrogens with zero attached hydrogens (tertiary/aromatic N) is 2. The molecule has 1 saturated heterocycles. The minimum atomic E-state index is -0.471. The first-order valence-corrected chi connectivity index (χ1v) is 12.5. The Morgan fingerprint density at radius 3 is 2.78 bits per heavy atom. The number of pyridine rings is 1. The van der Waals surface area contributed by atoms with Gasteiger partial charge in [0, 0.05) is 12.8 Å². The lowest BCUT2D eigenvalue weighted by molar-refractivity contribution is -0.0302. The zero-order valence-electron chi connectivity index (χ0n) is 19.5. The second-order valence-corrected chi connectivity index (χ2v) is 9.69. The maximum atomic E-state index is 13.4. The number of hydrogen-bond donors (Lipinski definition) is 1. The van der Waals surface area contributed by atoms with Gasteiger partial charge >= 0.3 is 12.0 Å². The number of urea groups is 1. The van der Waals surface area contributed by atoms with E-state index < -0.39 is 5.97 Å². The molecule has 1 atom stereocenters. The minimum Gasteiger partial charge on any atom is -0.457 e. The molecule has 6 rings (SSSR count). The van der Waals surface area contributed by atoms with E-state index in [0.29, 0.717) is 45.7 Å². The van der Waals surface area contributed by atoms with Gasteiger partial charge in [-0.05, 0) is 61.7 Å². The maximum absolute atomic E-state index is 13.4. The van der Waals surface area contributed by atoms with Gasteiger partial charge < -0.3 is 19.5 Å². The Bertz CT molecular complexity index is 1460. The first kappa shape index (κ1) is 22.5. The Hall–Kier alpha value is -3.95. The summed E-state index contributed by atoms with van der Waals surface area (Å²) in [7, 11) is 0. The summed E-state index contributed by atoms with van der Waals surface area (Å²) in [6.07, 6.45) is 2.98. The van der Waals surface area contributed by atoms with E-state index in [-0.39, 0.29) is 12.1 Å². The van der Waals surface area contributed by atoms with Gasteiger partial charge in [-0.15, -0.1) is 11.3 Å². The third-order valence-electron chi connectivity index (χ3n) is 6.21. The number of amides is 2. The molecule has 9 heteroatoms. The maximum Gasteiger partial charge on any atom is 0.350 e. The molecule has 2 aliphatic heterocycles. The van der Waals surface area contributed by atoms with Crippen molar-refractivity contribution in [3.8, 4) is 11.5 Å². The van der Waals surface area contributed by atoms with Crippen LogP contribution >= 0.6 is 11.3 Å². The van der Waals surface area contributed by atoms with Crippen molar-refractivity contribution in [2.45, 2.75) is 25.9 Å². The monoisotopic (exact) mass is 501 g/mol. The summed E-state index contributed by atoms with van der Waals surface area (Å²) in [6, 6.07) is 16.5. The lowest BCUT2D eigenvalue weighted by Gasteiger charge is -2.29. The summed E-state index contributed by atoms with van der Waals surface area (Å²) in [5.41, 5.74) is 2.68. The summed E-state index contributed by atoms with van der Waals surface area (Å²) in [5.74, 6) is 0.938. The van der Waals surface area contributed by atoms with Crippen LogP contribution in [-0.4, -0.2) is 36.3 Å². The van der Waals surface area contributed by atoms with Gasteiger partial charge in [0.15, 0.2) is 0 Å². The summed E-state index contributed by atoms with van der Waals surface area (Å²) >= 11 is 1.22. The molecule has 1 fully saturated rings. The van der Waals surface area contributed by atoms with E-state index in [1.54, 1.807) is 17.2 Å². The Labute approximate surface area is 211 Å². The van der Waals surface area contributed by atoms with Crippen LogP contribution < -0.4 is 15.0 Å². The number of esters is 1. The molecule has 0 unspecified atom stereocenters. The Balaban J connectivity index is 1.34. The number of rotatable bonds is 5. The van der Waals surface area contributed by atoms with Crippen molar-refractivity contribution in [3.05, 3.63) is 71.2 Å². The highest BCUT2D eigenvalue weighted by molar-refractivity contribution is 7.21. The fourth-order valence-corrected chi connectivity index (χ4v) is 5.55. The molecule has 2 amide bonds. The molecule has 36 heavy (non-hydrogen) atoms. The molecule has 8 nitrogen and oxygen atoms in total. The summed E-state index contributed by atoms with van der Waals surface area (Å²) < 4.78 is 17.1. The van der Waals surface area contributed by atoms with Crippen LogP contribution in [0, 0.1) is 6.92 Å². The van der Waals surface area contributed by atoms with Crippen molar-refractivity contribution in [1.29, 1.82) is 0 Å². The van der Waals surface area contributed by atoms with E-state index in [1.165, 1.54) is 11.3 Å². The molecular formula is C27H23N3O5S. The third-order valence-corrected chi connectivity index (χ3v) is 7.29. The van der Waals surface area contributed by atoms with E-state index in [9.17, 15) is 9.59 Å². The van der Waals surface area contributed by atoms with Crippen molar-refractivity contribution in [3.63, 3.8) is 0 Å². The van der Waals surface area contributed by atoms with Gasteiger partial charge in [-0.1, -0.05) is 18.2 Å². The number of para-hydroxylation sites is 1. The highest BCUT2D eigenvalue weighted by atomic mass is 32.1. The second kappa shape index (κ2) is 9.25. The molecule has 0 spiro atoms. The molecule has 182 valence electrons. The van der Waals surface area contributed by atoms with Crippen LogP contribution in [0.5, 0.6) is 11.5 Å². The van der Waals surface area contributed by atoms with Crippen LogP contribution in [0.1, 0.15) is 28.1 Å². The number of aryl methyl sites for hydroxylation is 1. The van der Waals surface area contributed by atoms with Gasteiger partial charge in [0.2, 0.25) is 0 Å². The number of anilines is 3. The van der Waals surface area contributed by atoms with E-state index >= 15 is 0 Å². The highest BCUT2D eigenvalue weighted by Gasteiger charge is 2.34. The molecule has 0 bridgehead atoms. The number of ether oxygens (including phenoxy) is 3. The van der Waals surface area contributed by atoms with E-state index in [1.807, 2.05) is 55.5 Å². The highest BCUT2D eigenvalue weighted by Crippen LogP contribution is 2.46. The number of benzene rings is 2. The number of carbonyl (C=O) groups is 2. The zero-order chi connectivity index (χ0) is 24.6. The van der Waals surface area contributed by atoms with Crippen LogP contribution in [0.15, 0.2) is 60.8 Å². The lowest BCUT2D eigenvalue weighted by atomic mass is 10.1. The van der Waals surface area contributed by atoms with Gasteiger partial charge in [-0.25, -0.2) is 14.6 Å². The smallest absolute Gasteiger partial charge is 0.350 e. The first-order valence-electron chi connectivity index (χ1n) is 11.7. The predicted molar refractivity (Wildman–Crippen MR) is 138 cm³/mol. The number of hydrogen-bond acceptors (Lipinski definition) is 7. The number of aromatic nitrogens is 1. The largest absolute Gasteiger partial charge is 0.457 e. The number of thiophene rings is 1. The topological polar surface area (TPSA) is 90.0 Å². The standard InChI is InChI=1S/C27H23N3O5S/c1-16-14-18(34-17-6-3-2-4-7-17)9-10-20(16)30-21-11-12-28-25-22(21)23(29-27(30)32)24(36-25)26(31)35-19-8-5-13-33-15-19/h2-4,6-7,9-12,14,19H,5,8,13,15H2,1H3,(H,29,32)/t19-/m1/s1. The molecule has 2 aromatic heterocycles. The zero-order valence-corrected chi connectivity index (χ0v) is 20.3. The SMILES string of the molecule is Cc1cc(Oc2ccccc2)ccc1N1C(=O)Nc2c(C(=O)O[C@@H]3CCCOC3)sc3nccc1c23. The average Bonchev–Trinajstić information content (AvgIpc) is 3.26. The van der Waals surface area contributed by atoms with Crippen molar-refractivity contribution < 1.29 is 23.8 Å². The Morgan fingerprint density at radius 1 is 1.14 bits per heavy atom. The van der Waals surface area contributed by atoms with Gasteiger partial charge in [0.25, 0.3) is 0 Å². The summed E-state index contributed by atoms with van der Waals surface area (Å²) in [5, 5.41) is 3.64. The van der Waals surface area contributed by atoms with Gasteiger partial charge in [0.1, 0.15) is 27.3 Å². The van der Waals surface area contributed by atoms with Crippen LogP contribution in [0.4, 0.5) is 21.9 Å². The molecule has 4 heterocycles. The van der Waals surface area contributed by atoms with E-state index in [0.717, 1.165) is 29.5 Å². The molecular weight excluding hydrogens is 478 g/mol. The molecule has 4 aromatic rings. The van der Waals surface area contributed by atoms with Gasteiger partial charge in [-0.2, -0.15) is 0 Å². The van der Waals surface area contributed by atoms with E-state index in [2.05, 4.69) is 10.3 Å². The fourth-order valence-electron chi connectivity index (χ4n) is 4.54. The fraction of sp³-hybridized carbons (Fsp3) is 0.222. The van der Waals surface area contributed by atoms with Crippen molar-refractivity contribution in [1.82, 2.24) is 4.98 Å². The molecule has 0 radical (unpaired) electrons. The molecule has 0 aliphatic carbocycles. The van der Waals surface area contributed by atoms with E-state index in [4.69, 9.17) is 14.2 Å². The summed E-state index contributed by atoms with van der Waals surface area (Å²) in [4.78, 5) is 33.5. The Kier molecular flexibility index (Phi) is 5.79. The van der Waals surface area contributed by atoms with Crippen LogP contribution in [-0.2, 0) is 9.47 Å². The normalized spacial score (nSPS) is 17.1. The quantitative estimate of drug-likeness (QED) is 0.318. The molecule has 2 aromatic carbocycles. The molecule has 0 saturated carbocycles. The van der Waals surface area contributed by atoms with Gasteiger partial charge in [0.05, 0.1) is 29.1 Å². The van der Waals surface area contributed by atoms with Crippen molar-refractivity contribution in [2.75, 3.05) is 23.4 Å².